The SMILES string of the molecule is COC(=O)CCN1CCC(c2cc3c(cnn3-c3cc(N4C[C@@H]5CC4CO5)nc(OC)n3)cc2C)CC1. The Balaban J connectivity index is 1.27. The number of carbonyl (C=O) groups is 1. The third-order valence-corrected chi connectivity index (χ3v) is 8.12. The molecule has 2 aromatic heterocycles. The van der Waals surface area contributed by atoms with E-state index in [-0.39, 0.29) is 12.1 Å². The molecule has 196 valence electrons. The second-order valence-electron chi connectivity index (χ2n) is 10.3. The normalized spacial score (nSPS) is 22.2. The van der Waals surface area contributed by atoms with Crippen LogP contribution >= 0.6 is 0 Å². The molecule has 0 N–H and O–H groups in total. The first kappa shape index (κ1) is 24.1. The zero-order valence-electron chi connectivity index (χ0n) is 21.7. The smallest absolute Gasteiger partial charge is 0.320 e. The van der Waals surface area contributed by atoms with Crippen LogP contribution in [0.3, 0.4) is 0 Å². The number of fused-ring (bicyclic) bond motifs is 3. The molecule has 1 aromatic carbocycles. The summed E-state index contributed by atoms with van der Waals surface area (Å²) in [6.45, 7) is 6.48. The van der Waals surface area contributed by atoms with Gasteiger partial charge < -0.3 is 24.0 Å². The van der Waals surface area contributed by atoms with Gasteiger partial charge in [0.15, 0.2) is 5.82 Å². The number of rotatable bonds is 7. The van der Waals surface area contributed by atoms with Crippen molar-refractivity contribution in [1.82, 2.24) is 24.6 Å². The molecular weight excluding hydrogens is 472 g/mol. The summed E-state index contributed by atoms with van der Waals surface area (Å²) in [6.07, 6.45) is 5.79. The molecule has 6 rings (SSSR count). The van der Waals surface area contributed by atoms with Gasteiger partial charge in [-0.05, 0) is 68.5 Å². The van der Waals surface area contributed by atoms with Gasteiger partial charge in [-0.3, -0.25) is 4.79 Å². The zero-order valence-corrected chi connectivity index (χ0v) is 21.7. The summed E-state index contributed by atoms with van der Waals surface area (Å²) in [4.78, 5) is 25.5. The number of carbonyl (C=O) groups excluding carboxylic acids is 1. The highest BCUT2D eigenvalue weighted by molar-refractivity contribution is 5.82. The molecule has 10 nitrogen and oxygen atoms in total. The van der Waals surface area contributed by atoms with Crippen molar-refractivity contribution in [2.45, 2.75) is 50.7 Å². The minimum Gasteiger partial charge on any atom is -0.469 e. The first-order chi connectivity index (χ1) is 18.0. The minimum atomic E-state index is -0.147. The van der Waals surface area contributed by atoms with E-state index in [2.05, 4.69) is 38.8 Å². The molecule has 5 heterocycles. The number of benzene rings is 1. The molecule has 0 aliphatic carbocycles. The molecule has 0 spiro atoms. The first-order valence-electron chi connectivity index (χ1n) is 13.1. The zero-order chi connectivity index (χ0) is 25.5. The summed E-state index contributed by atoms with van der Waals surface area (Å²) < 4.78 is 18.0. The fourth-order valence-electron chi connectivity index (χ4n) is 6.07. The predicted molar refractivity (Wildman–Crippen MR) is 138 cm³/mol. The van der Waals surface area contributed by atoms with E-state index >= 15 is 0 Å². The molecule has 1 unspecified atom stereocenters. The number of anilines is 1. The van der Waals surface area contributed by atoms with Crippen LogP contribution in [-0.4, -0.2) is 89.8 Å². The lowest BCUT2D eigenvalue weighted by molar-refractivity contribution is -0.141. The van der Waals surface area contributed by atoms with Gasteiger partial charge in [-0.25, -0.2) is 4.68 Å². The Morgan fingerprint density at radius 1 is 1.14 bits per heavy atom. The lowest BCUT2D eigenvalue weighted by atomic mass is 9.86. The number of likely N-dealkylation sites (tertiary alicyclic amines) is 1. The summed E-state index contributed by atoms with van der Waals surface area (Å²) in [5.41, 5.74) is 3.68. The Kier molecular flexibility index (Phi) is 6.46. The van der Waals surface area contributed by atoms with Crippen molar-refractivity contribution in [3.05, 3.63) is 35.5 Å². The van der Waals surface area contributed by atoms with E-state index in [1.165, 1.54) is 18.2 Å². The number of ether oxygens (including phenoxy) is 3. The Bertz CT molecular complexity index is 1300. The van der Waals surface area contributed by atoms with Gasteiger partial charge in [0.2, 0.25) is 0 Å². The Morgan fingerprint density at radius 3 is 2.65 bits per heavy atom. The quantitative estimate of drug-likeness (QED) is 0.448. The molecule has 0 radical (unpaired) electrons. The standard InChI is InChI=1S/C27H34N6O4/c1-17-10-19-14-28-33(23(19)12-22(17)18-4-7-31(8-5-18)9-6-26(34)35-2)25-13-24(29-27(30-25)36-3)32-15-21-11-20(32)16-37-21/h10,12-14,18,20-21H,4-9,11,15-16H2,1-3H3/t20?,21-/m0/s1. The molecule has 3 aliphatic heterocycles. The van der Waals surface area contributed by atoms with Crippen LogP contribution < -0.4 is 9.64 Å². The van der Waals surface area contributed by atoms with Gasteiger partial charge in [0.25, 0.3) is 0 Å². The monoisotopic (exact) mass is 506 g/mol. The Morgan fingerprint density at radius 2 is 1.95 bits per heavy atom. The highest BCUT2D eigenvalue weighted by Gasteiger charge is 2.40. The number of hydrogen-bond acceptors (Lipinski definition) is 9. The van der Waals surface area contributed by atoms with E-state index in [1.54, 1.807) is 7.11 Å². The summed E-state index contributed by atoms with van der Waals surface area (Å²) in [5.74, 6) is 1.88. The molecule has 10 heteroatoms. The Hall–Kier alpha value is -3.24. The van der Waals surface area contributed by atoms with Crippen LogP contribution in [0.2, 0.25) is 0 Å². The van der Waals surface area contributed by atoms with E-state index in [1.807, 2.05) is 16.9 Å². The number of methoxy groups -OCH3 is 2. The van der Waals surface area contributed by atoms with Crippen LogP contribution in [0.25, 0.3) is 16.7 Å². The fraction of sp³-hybridized carbons (Fsp3) is 0.556. The van der Waals surface area contributed by atoms with Crippen LogP contribution in [0.15, 0.2) is 24.4 Å². The fourth-order valence-corrected chi connectivity index (χ4v) is 6.07. The lowest BCUT2D eigenvalue weighted by Crippen LogP contribution is -2.37. The number of nitrogens with zero attached hydrogens (tertiary/aromatic N) is 6. The second kappa shape index (κ2) is 9.90. The third-order valence-electron chi connectivity index (χ3n) is 8.12. The van der Waals surface area contributed by atoms with Gasteiger partial charge in [-0.15, -0.1) is 0 Å². The molecule has 3 aromatic rings. The van der Waals surface area contributed by atoms with Gasteiger partial charge in [0, 0.05) is 24.5 Å². The van der Waals surface area contributed by atoms with E-state index in [9.17, 15) is 4.79 Å². The van der Waals surface area contributed by atoms with Crippen molar-refractivity contribution < 1.29 is 19.0 Å². The molecule has 37 heavy (non-hydrogen) atoms. The lowest BCUT2D eigenvalue weighted by Gasteiger charge is -2.32. The highest BCUT2D eigenvalue weighted by Crippen LogP contribution is 2.35. The summed E-state index contributed by atoms with van der Waals surface area (Å²) in [7, 11) is 3.05. The van der Waals surface area contributed by atoms with Crippen molar-refractivity contribution in [2.75, 3.05) is 51.9 Å². The highest BCUT2D eigenvalue weighted by atomic mass is 16.5. The van der Waals surface area contributed by atoms with Crippen LogP contribution in [0, 0.1) is 6.92 Å². The van der Waals surface area contributed by atoms with E-state index < -0.39 is 0 Å². The number of esters is 1. The first-order valence-corrected chi connectivity index (χ1v) is 13.1. The van der Waals surface area contributed by atoms with Crippen LogP contribution in [0.4, 0.5) is 5.82 Å². The van der Waals surface area contributed by atoms with Gasteiger partial charge in [0.1, 0.15) is 5.82 Å². The summed E-state index contributed by atoms with van der Waals surface area (Å²) >= 11 is 0. The molecule has 3 fully saturated rings. The summed E-state index contributed by atoms with van der Waals surface area (Å²) in [6, 6.07) is 7.21. The number of piperidine rings is 1. The van der Waals surface area contributed by atoms with E-state index in [0.29, 0.717) is 30.2 Å². The maximum atomic E-state index is 11.5. The second-order valence-corrected chi connectivity index (χ2v) is 10.3. The maximum Gasteiger partial charge on any atom is 0.320 e. The number of aryl methyl sites for hydroxylation is 1. The molecule has 0 saturated carbocycles. The van der Waals surface area contributed by atoms with E-state index in [0.717, 1.165) is 68.8 Å². The predicted octanol–water partition coefficient (Wildman–Crippen LogP) is 2.85. The molecule has 3 aliphatic rings. The van der Waals surface area contributed by atoms with Crippen molar-refractivity contribution in [2.24, 2.45) is 0 Å². The Labute approximate surface area is 216 Å². The van der Waals surface area contributed by atoms with Crippen molar-refractivity contribution >= 4 is 22.7 Å². The van der Waals surface area contributed by atoms with Crippen molar-refractivity contribution in [1.29, 1.82) is 0 Å². The minimum absolute atomic E-state index is 0.147. The summed E-state index contributed by atoms with van der Waals surface area (Å²) in [5, 5.41) is 5.81. The van der Waals surface area contributed by atoms with Gasteiger partial charge in [0.05, 0.1) is 51.1 Å². The number of hydrogen-bond donors (Lipinski definition) is 0. The van der Waals surface area contributed by atoms with Crippen LogP contribution in [0.5, 0.6) is 6.01 Å². The molecule has 2 bridgehead atoms. The van der Waals surface area contributed by atoms with E-state index in [4.69, 9.17) is 19.3 Å². The average molecular weight is 507 g/mol. The van der Waals surface area contributed by atoms with Gasteiger partial charge in [-0.2, -0.15) is 15.1 Å². The molecule has 2 atom stereocenters. The van der Waals surface area contributed by atoms with Crippen molar-refractivity contribution in [3.8, 4) is 11.8 Å². The van der Waals surface area contributed by atoms with Crippen LogP contribution in [-0.2, 0) is 14.3 Å². The molecule has 3 saturated heterocycles. The third kappa shape index (κ3) is 4.64. The van der Waals surface area contributed by atoms with Crippen molar-refractivity contribution in [3.63, 3.8) is 0 Å². The topological polar surface area (TPSA) is 94.8 Å². The van der Waals surface area contributed by atoms with Gasteiger partial charge >= 0.3 is 12.0 Å². The molecule has 0 amide bonds. The maximum absolute atomic E-state index is 11.5. The van der Waals surface area contributed by atoms with Gasteiger partial charge in [-0.1, -0.05) is 0 Å². The number of morpholine rings is 1. The number of aromatic nitrogens is 4. The molecular formula is C27H34N6O4. The van der Waals surface area contributed by atoms with Crippen LogP contribution in [0.1, 0.15) is 42.7 Å². The largest absolute Gasteiger partial charge is 0.469 e. The average Bonchev–Trinajstić information content (AvgIpc) is 3.67.